The summed E-state index contributed by atoms with van der Waals surface area (Å²) in [5.74, 6) is 0. The van der Waals surface area contributed by atoms with Crippen LogP contribution in [0.2, 0.25) is 0 Å². The van der Waals surface area contributed by atoms with Gasteiger partial charge < -0.3 is 0 Å². The van der Waals surface area contributed by atoms with Crippen LogP contribution in [-0.4, -0.2) is 37.9 Å². The van der Waals surface area contributed by atoms with Crippen molar-refractivity contribution in [2.24, 2.45) is 0 Å². The van der Waals surface area contributed by atoms with Crippen molar-refractivity contribution in [3.63, 3.8) is 0 Å². The average Bonchev–Trinajstić information content (AvgIpc) is 2.52. The zero-order valence-electron chi connectivity index (χ0n) is 17.0. The molecule has 0 unspecified atom stereocenters. The number of hydrogen-bond acceptors (Lipinski definition) is 4. The van der Waals surface area contributed by atoms with E-state index in [0.717, 1.165) is 63.2 Å². The summed E-state index contributed by atoms with van der Waals surface area (Å²) in [6, 6.07) is 0. The Bertz CT molecular complexity index is 327. The summed E-state index contributed by atoms with van der Waals surface area (Å²) in [7, 11) is -3.50. The summed E-state index contributed by atoms with van der Waals surface area (Å²) in [5, 5.41) is 0. The maximum absolute atomic E-state index is 13.4. The fourth-order valence-corrected chi connectivity index (χ4v) is 14.6. The van der Waals surface area contributed by atoms with Crippen molar-refractivity contribution in [1.82, 2.24) is 0 Å². The number of hydrogen-bond donors (Lipinski definition) is 0. The first kappa shape index (κ1) is 24.5. The van der Waals surface area contributed by atoms with Crippen LogP contribution in [0.25, 0.3) is 0 Å². The van der Waals surface area contributed by atoms with Crippen molar-refractivity contribution in [2.45, 2.75) is 80.1 Å². The third-order valence-electron chi connectivity index (χ3n) is 4.39. The molecule has 24 heavy (non-hydrogen) atoms. The third kappa shape index (κ3) is 7.42. The van der Waals surface area contributed by atoms with Gasteiger partial charge in [0.05, 0.1) is 0 Å². The zero-order chi connectivity index (χ0) is 18.6. The Kier molecular flexibility index (Phi) is 12.3. The first-order valence-corrected chi connectivity index (χ1v) is 14.4. The summed E-state index contributed by atoms with van der Waals surface area (Å²) in [5.41, 5.74) is 0. The second-order valence-corrected chi connectivity index (χ2v) is 14.5. The van der Waals surface area contributed by atoms with Crippen LogP contribution in [0.15, 0.2) is 0 Å². The molecule has 0 bridgehead atoms. The summed E-state index contributed by atoms with van der Waals surface area (Å²) in [4.78, 5) is 0. The van der Waals surface area contributed by atoms with Crippen LogP contribution >= 0.6 is 14.7 Å². The van der Waals surface area contributed by atoms with E-state index in [1.807, 2.05) is 13.8 Å². The van der Waals surface area contributed by atoms with Gasteiger partial charge in [0, 0.05) is 0 Å². The molecule has 0 aliphatic rings. The van der Waals surface area contributed by atoms with Crippen LogP contribution in [0.4, 0.5) is 0 Å². The van der Waals surface area contributed by atoms with Crippen molar-refractivity contribution < 1.29 is 17.9 Å². The Balaban J connectivity index is 5.82. The van der Waals surface area contributed by atoms with Gasteiger partial charge in [-0.3, -0.25) is 0 Å². The fourth-order valence-electron chi connectivity index (χ4n) is 3.87. The number of rotatable bonds is 16. The molecule has 0 aromatic heterocycles. The molecular formula is C18H42O4P2. The van der Waals surface area contributed by atoms with Crippen LogP contribution in [0.5, 0.6) is 0 Å². The molecule has 0 atom stereocenters. The molecule has 0 amide bonds. The Labute approximate surface area is 151 Å². The SMILES string of the molecule is CCCOP(=O)(OCCC)OP(CCC)(CCC)(CCC)CCC. The van der Waals surface area contributed by atoms with Gasteiger partial charge in [-0.2, -0.15) is 0 Å². The molecule has 0 radical (unpaired) electrons. The summed E-state index contributed by atoms with van der Waals surface area (Å²) >= 11 is 0. The fraction of sp³-hybridized carbons (Fsp3) is 1.00. The van der Waals surface area contributed by atoms with Gasteiger partial charge in [0.15, 0.2) is 0 Å². The van der Waals surface area contributed by atoms with E-state index in [2.05, 4.69) is 27.7 Å². The molecule has 0 rings (SSSR count). The summed E-state index contributed by atoms with van der Waals surface area (Å²) in [6.07, 6.45) is 9.93. The molecule has 0 aromatic rings. The molecule has 0 saturated heterocycles. The van der Waals surface area contributed by atoms with E-state index in [9.17, 15) is 4.57 Å². The van der Waals surface area contributed by atoms with Crippen molar-refractivity contribution in [1.29, 1.82) is 0 Å². The van der Waals surface area contributed by atoms with Crippen LogP contribution in [-0.2, 0) is 17.9 Å². The van der Waals surface area contributed by atoms with Gasteiger partial charge in [0.25, 0.3) is 0 Å². The normalized spacial score (nSPS) is 14.5. The molecule has 0 spiro atoms. The molecular weight excluding hydrogens is 342 g/mol. The van der Waals surface area contributed by atoms with Crippen molar-refractivity contribution in [3.8, 4) is 0 Å². The quantitative estimate of drug-likeness (QED) is 0.267. The second-order valence-electron chi connectivity index (χ2n) is 6.95. The monoisotopic (exact) mass is 384 g/mol. The van der Waals surface area contributed by atoms with E-state index in [1.165, 1.54) is 0 Å². The van der Waals surface area contributed by atoms with E-state index >= 15 is 0 Å². The van der Waals surface area contributed by atoms with Crippen molar-refractivity contribution >= 4 is 14.7 Å². The molecule has 0 aliphatic carbocycles. The Hall–Kier alpha value is 0.540. The topological polar surface area (TPSA) is 44.8 Å². The van der Waals surface area contributed by atoms with E-state index < -0.39 is 14.7 Å². The Morgan fingerprint density at radius 2 is 0.958 bits per heavy atom. The average molecular weight is 384 g/mol. The zero-order valence-corrected chi connectivity index (χ0v) is 18.8. The van der Waals surface area contributed by atoms with Gasteiger partial charge in [-0.25, -0.2) is 0 Å². The Morgan fingerprint density at radius 1 is 0.625 bits per heavy atom. The maximum atomic E-state index is 13.4. The first-order chi connectivity index (χ1) is 11.4. The first-order valence-electron chi connectivity index (χ1n) is 10.00. The second kappa shape index (κ2) is 12.0. The van der Waals surface area contributed by atoms with Gasteiger partial charge in [0.2, 0.25) is 0 Å². The van der Waals surface area contributed by atoms with E-state index in [0.29, 0.717) is 13.2 Å². The molecule has 0 fully saturated rings. The molecule has 0 heterocycles. The van der Waals surface area contributed by atoms with Gasteiger partial charge in [0.1, 0.15) is 0 Å². The van der Waals surface area contributed by atoms with E-state index in [-0.39, 0.29) is 0 Å². The minimum absolute atomic E-state index is 0.421. The number of phosphoric ester groups is 1. The van der Waals surface area contributed by atoms with Gasteiger partial charge in [-0.1, -0.05) is 0 Å². The molecule has 0 saturated carbocycles. The van der Waals surface area contributed by atoms with Crippen LogP contribution in [0.3, 0.4) is 0 Å². The molecule has 0 aromatic carbocycles. The standard InChI is InChI=1S/C18H42O4P2/c1-7-13-20-23(19,21-14-8-2)22-24(15-9-3,16-10-4,17-11-5)18-12-6/h7-18H2,1-6H3. The van der Waals surface area contributed by atoms with Crippen LogP contribution < -0.4 is 0 Å². The molecule has 6 heteroatoms. The van der Waals surface area contributed by atoms with Crippen molar-refractivity contribution in [2.75, 3.05) is 37.9 Å². The Morgan fingerprint density at radius 3 is 1.21 bits per heavy atom. The van der Waals surface area contributed by atoms with Crippen molar-refractivity contribution in [3.05, 3.63) is 0 Å². The summed E-state index contributed by atoms with van der Waals surface area (Å²) < 4.78 is 31.4. The minimum atomic E-state index is -3.50. The van der Waals surface area contributed by atoms with Gasteiger partial charge in [-0.05, 0) is 0 Å². The van der Waals surface area contributed by atoms with Crippen LogP contribution in [0.1, 0.15) is 80.1 Å². The van der Waals surface area contributed by atoms with Gasteiger partial charge >= 0.3 is 151 Å². The predicted octanol–water partition coefficient (Wildman–Crippen LogP) is 7.07. The molecule has 4 nitrogen and oxygen atoms in total. The third-order valence-corrected chi connectivity index (χ3v) is 14.4. The van der Waals surface area contributed by atoms with E-state index in [4.69, 9.17) is 13.4 Å². The predicted molar refractivity (Wildman–Crippen MR) is 109 cm³/mol. The molecule has 148 valence electrons. The summed E-state index contributed by atoms with van der Waals surface area (Å²) in [6.45, 7) is 11.1. The van der Waals surface area contributed by atoms with E-state index in [1.54, 1.807) is 0 Å². The molecule has 0 aliphatic heterocycles. The number of phosphoric acid groups is 1. The van der Waals surface area contributed by atoms with Crippen LogP contribution in [0, 0.1) is 0 Å². The molecule has 0 N–H and O–H groups in total. The van der Waals surface area contributed by atoms with Gasteiger partial charge in [-0.15, -0.1) is 0 Å².